The summed E-state index contributed by atoms with van der Waals surface area (Å²) < 4.78 is 6.08. The van der Waals surface area contributed by atoms with E-state index >= 15 is 0 Å². The number of rotatable bonds is 2. The van der Waals surface area contributed by atoms with Gasteiger partial charge in [-0.3, -0.25) is 0 Å². The van der Waals surface area contributed by atoms with E-state index < -0.39 is 5.97 Å². The summed E-state index contributed by atoms with van der Waals surface area (Å²) in [5.41, 5.74) is 2.26. The first kappa shape index (κ1) is 14.1. The van der Waals surface area contributed by atoms with E-state index in [0.717, 1.165) is 11.1 Å². The smallest absolute Gasteiger partial charge is 0.344 e. The van der Waals surface area contributed by atoms with Crippen LogP contribution in [0, 0.1) is 13.8 Å². The zero-order valence-electron chi connectivity index (χ0n) is 10.5. The van der Waals surface area contributed by atoms with E-state index in [4.69, 9.17) is 16.3 Å². The maximum Gasteiger partial charge on any atom is 0.344 e. The van der Waals surface area contributed by atoms with Crippen LogP contribution < -0.4 is 4.74 Å². The fraction of sp³-hybridized carbons (Fsp3) is 0.133. The molecule has 0 aliphatic rings. The summed E-state index contributed by atoms with van der Waals surface area (Å²) in [6, 6.07) is 10.7. The average molecular weight is 340 g/mol. The van der Waals surface area contributed by atoms with Crippen molar-refractivity contribution in [1.82, 2.24) is 0 Å². The van der Waals surface area contributed by atoms with Gasteiger partial charge >= 0.3 is 5.97 Å². The maximum atomic E-state index is 12.1. The first-order valence-corrected chi connectivity index (χ1v) is 6.89. The standard InChI is InChI=1S/C15H12BrClO2/c1-9-7-11(8-10(2)14(9)17)19-15(18)12-5-3-4-6-13(12)16/h3-8H,1-2H3. The molecule has 0 fully saturated rings. The van der Waals surface area contributed by atoms with Crippen molar-refractivity contribution in [1.29, 1.82) is 0 Å². The molecule has 0 saturated carbocycles. The van der Waals surface area contributed by atoms with Crippen LogP contribution in [0.5, 0.6) is 5.75 Å². The molecule has 2 nitrogen and oxygen atoms in total. The predicted octanol–water partition coefficient (Wildman–Crippen LogP) is 4.94. The SMILES string of the molecule is Cc1cc(OC(=O)c2ccccc2Br)cc(C)c1Cl. The van der Waals surface area contributed by atoms with Gasteiger partial charge in [-0.1, -0.05) is 23.7 Å². The first-order chi connectivity index (χ1) is 8.99. The zero-order chi connectivity index (χ0) is 14.0. The van der Waals surface area contributed by atoms with Crippen LogP contribution in [-0.2, 0) is 0 Å². The molecule has 0 aliphatic carbocycles. The van der Waals surface area contributed by atoms with Crippen LogP contribution in [0.1, 0.15) is 21.5 Å². The molecule has 2 aromatic carbocycles. The van der Waals surface area contributed by atoms with E-state index in [0.29, 0.717) is 20.8 Å². The Morgan fingerprint density at radius 3 is 2.32 bits per heavy atom. The molecule has 0 aliphatic heterocycles. The van der Waals surface area contributed by atoms with Gasteiger partial charge < -0.3 is 4.74 Å². The Bertz CT molecular complexity index is 615. The van der Waals surface area contributed by atoms with E-state index in [-0.39, 0.29) is 0 Å². The summed E-state index contributed by atoms with van der Waals surface area (Å²) in [6.45, 7) is 3.76. The lowest BCUT2D eigenvalue weighted by molar-refractivity contribution is 0.0733. The number of hydrogen-bond donors (Lipinski definition) is 0. The second-order valence-corrected chi connectivity index (χ2v) is 5.47. The van der Waals surface area contributed by atoms with Crippen molar-refractivity contribution >= 4 is 33.5 Å². The number of ether oxygens (including phenoxy) is 1. The summed E-state index contributed by atoms with van der Waals surface area (Å²) in [7, 11) is 0. The summed E-state index contributed by atoms with van der Waals surface area (Å²) in [5.74, 6) is 0.105. The second-order valence-electron chi connectivity index (χ2n) is 4.24. The number of benzene rings is 2. The van der Waals surface area contributed by atoms with Gasteiger partial charge in [0.25, 0.3) is 0 Å². The molecule has 0 N–H and O–H groups in total. The minimum Gasteiger partial charge on any atom is -0.423 e. The number of aryl methyl sites for hydroxylation is 2. The lowest BCUT2D eigenvalue weighted by Crippen LogP contribution is -2.09. The van der Waals surface area contributed by atoms with Crippen molar-refractivity contribution in [3.63, 3.8) is 0 Å². The Morgan fingerprint density at radius 1 is 1.16 bits per heavy atom. The number of carbonyl (C=O) groups excluding carboxylic acids is 1. The molecule has 4 heteroatoms. The summed E-state index contributed by atoms with van der Waals surface area (Å²) in [6.07, 6.45) is 0. The normalized spacial score (nSPS) is 10.3. The van der Waals surface area contributed by atoms with Gasteiger partial charge in [0.1, 0.15) is 5.75 Å². The number of esters is 1. The molecule has 2 aromatic rings. The molecule has 0 spiro atoms. The topological polar surface area (TPSA) is 26.3 Å². The van der Waals surface area contributed by atoms with Gasteiger partial charge in [0.05, 0.1) is 5.56 Å². The highest BCUT2D eigenvalue weighted by atomic mass is 79.9. The fourth-order valence-electron chi connectivity index (χ4n) is 1.75. The molecule has 0 bridgehead atoms. The molecule has 0 atom stereocenters. The van der Waals surface area contributed by atoms with Crippen LogP contribution in [0.2, 0.25) is 5.02 Å². The molecule has 98 valence electrons. The fourth-order valence-corrected chi connectivity index (χ4v) is 2.31. The quantitative estimate of drug-likeness (QED) is 0.572. The van der Waals surface area contributed by atoms with Crippen LogP contribution >= 0.6 is 27.5 Å². The van der Waals surface area contributed by atoms with Crippen LogP contribution in [-0.4, -0.2) is 5.97 Å². The van der Waals surface area contributed by atoms with Gasteiger partial charge in [0.2, 0.25) is 0 Å². The van der Waals surface area contributed by atoms with Gasteiger partial charge in [-0.15, -0.1) is 0 Å². The van der Waals surface area contributed by atoms with E-state index in [9.17, 15) is 4.79 Å². The molecule has 0 saturated heterocycles. The second kappa shape index (κ2) is 5.76. The Hall–Kier alpha value is -1.32. The lowest BCUT2D eigenvalue weighted by Gasteiger charge is -2.09. The van der Waals surface area contributed by atoms with Gasteiger partial charge in [-0.25, -0.2) is 4.79 Å². The maximum absolute atomic E-state index is 12.1. The molecule has 0 radical (unpaired) electrons. The Labute approximate surface area is 125 Å². The third kappa shape index (κ3) is 3.17. The van der Waals surface area contributed by atoms with Crippen molar-refractivity contribution in [3.8, 4) is 5.75 Å². The Balaban J connectivity index is 2.27. The van der Waals surface area contributed by atoms with Crippen molar-refractivity contribution in [3.05, 3.63) is 62.6 Å². The molecular formula is C15H12BrClO2. The van der Waals surface area contributed by atoms with E-state index in [1.807, 2.05) is 19.9 Å². The minimum absolute atomic E-state index is 0.395. The molecule has 0 unspecified atom stereocenters. The number of halogens is 2. The van der Waals surface area contributed by atoms with Gasteiger partial charge in [0, 0.05) is 9.50 Å². The van der Waals surface area contributed by atoms with Crippen molar-refractivity contribution in [2.24, 2.45) is 0 Å². The lowest BCUT2D eigenvalue weighted by atomic mass is 10.1. The number of carbonyl (C=O) groups is 1. The van der Waals surface area contributed by atoms with Gasteiger partial charge in [-0.2, -0.15) is 0 Å². The highest BCUT2D eigenvalue weighted by Crippen LogP contribution is 2.27. The van der Waals surface area contributed by atoms with E-state index in [1.54, 1.807) is 30.3 Å². The average Bonchev–Trinajstić information content (AvgIpc) is 2.36. The highest BCUT2D eigenvalue weighted by Gasteiger charge is 2.13. The van der Waals surface area contributed by atoms with Crippen LogP contribution in [0.15, 0.2) is 40.9 Å². The van der Waals surface area contributed by atoms with E-state index in [1.165, 1.54) is 0 Å². The summed E-state index contributed by atoms with van der Waals surface area (Å²) in [4.78, 5) is 12.1. The largest absolute Gasteiger partial charge is 0.423 e. The predicted molar refractivity (Wildman–Crippen MR) is 80.0 cm³/mol. The van der Waals surface area contributed by atoms with Crippen LogP contribution in [0.4, 0.5) is 0 Å². The first-order valence-electron chi connectivity index (χ1n) is 5.72. The molecule has 0 heterocycles. The molecule has 2 rings (SSSR count). The van der Waals surface area contributed by atoms with Crippen molar-refractivity contribution in [2.45, 2.75) is 13.8 Å². The van der Waals surface area contributed by atoms with Crippen molar-refractivity contribution in [2.75, 3.05) is 0 Å². The zero-order valence-corrected chi connectivity index (χ0v) is 12.9. The highest BCUT2D eigenvalue weighted by molar-refractivity contribution is 9.10. The van der Waals surface area contributed by atoms with Gasteiger partial charge in [-0.05, 0) is 65.2 Å². The van der Waals surface area contributed by atoms with Crippen LogP contribution in [0.3, 0.4) is 0 Å². The van der Waals surface area contributed by atoms with Gasteiger partial charge in [0.15, 0.2) is 0 Å². The molecule has 0 amide bonds. The number of hydrogen-bond acceptors (Lipinski definition) is 2. The Kier molecular flexibility index (Phi) is 4.27. The minimum atomic E-state index is -0.395. The molecule has 0 aromatic heterocycles. The third-order valence-corrected chi connectivity index (χ3v) is 4.00. The van der Waals surface area contributed by atoms with Crippen LogP contribution in [0.25, 0.3) is 0 Å². The van der Waals surface area contributed by atoms with E-state index in [2.05, 4.69) is 15.9 Å². The Morgan fingerprint density at radius 2 is 1.74 bits per heavy atom. The third-order valence-electron chi connectivity index (χ3n) is 2.71. The monoisotopic (exact) mass is 338 g/mol. The summed E-state index contributed by atoms with van der Waals surface area (Å²) >= 11 is 9.41. The molecular weight excluding hydrogens is 328 g/mol. The molecule has 19 heavy (non-hydrogen) atoms. The summed E-state index contributed by atoms with van der Waals surface area (Å²) in [5, 5.41) is 0.695. The van der Waals surface area contributed by atoms with Crippen molar-refractivity contribution < 1.29 is 9.53 Å².